The molecule has 0 saturated heterocycles. The molecule has 1 aliphatic carbocycles. The van der Waals surface area contributed by atoms with Crippen LogP contribution in [0.5, 0.6) is 11.5 Å². The van der Waals surface area contributed by atoms with E-state index in [9.17, 15) is 9.59 Å². The quantitative estimate of drug-likeness (QED) is 0.655. The number of fused-ring (bicyclic) bond motifs is 4. The van der Waals surface area contributed by atoms with Gasteiger partial charge in [-0.15, -0.1) is 11.3 Å². The number of nitrogens with zero attached hydrogens (tertiary/aromatic N) is 2. The second kappa shape index (κ2) is 7.27. The summed E-state index contributed by atoms with van der Waals surface area (Å²) in [5, 5.41) is 6.29. The summed E-state index contributed by atoms with van der Waals surface area (Å²) >= 11 is 1.60. The van der Waals surface area contributed by atoms with E-state index >= 15 is 0 Å². The number of carbonyl (C=O) groups excluding carboxylic acids is 2. The monoisotopic (exact) mass is 451 g/mol. The van der Waals surface area contributed by atoms with Crippen LogP contribution in [0.15, 0.2) is 35.7 Å². The average molecular weight is 452 g/mol. The van der Waals surface area contributed by atoms with Crippen molar-refractivity contribution < 1.29 is 19.1 Å². The number of hydrogen-bond donors (Lipinski definition) is 1. The molecule has 2 aliphatic heterocycles. The molecule has 32 heavy (non-hydrogen) atoms. The zero-order valence-corrected chi connectivity index (χ0v) is 18.7. The molecule has 2 amide bonds. The number of ether oxygens (including phenoxy) is 2. The summed E-state index contributed by atoms with van der Waals surface area (Å²) in [6.45, 7) is 3.23. The molecule has 8 heteroatoms. The first-order valence-electron chi connectivity index (χ1n) is 11.2. The van der Waals surface area contributed by atoms with Crippen LogP contribution in [0.3, 0.4) is 0 Å². The first-order valence-corrected chi connectivity index (χ1v) is 12.0. The second-order valence-corrected chi connectivity index (χ2v) is 9.89. The molecule has 1 aromatic carbocycles. The molecular formula is C24H25N3O4S. The van der Waals surface area contributed by atoms with Crippen molar-refractivity contribution in [1.82, 2.24) is 9.88 Å². The highest BCUT2D eigenvalue weighted by Crippen LogP contribution is 2.41. The van der Waals surface area contributed by atoms with E-state index < -0.39 is 5.54 Å². The van der Waals surface area contributed by atoms with Crippen LogP contribution in [0.4, 0.5) is 5.69 Å². The summed E-state index contributed by atoms with van der Waals surface area (Å²) in [6, 6.07) is 9.58. The third kappa shape index (κ3) is 2.92. The number of hydrogen-bond acceptors (Lipinski definition) is 5. The van der Waals surface area contributed by atoms with Gasteiger partial charge in [-0.2, -0.15) is 0 Å². The molecule has 0 unspecified atom stereocenters. The molecule has 6 rings (SSSR count). The van der Waals surface area contributed by atoms with Gasteiger partial charge in [-0.05, 0) is 49.4 Å². The fourth-order valence-electron chi connectivity index (χ4n) is 5.18. The summed E-state index contributed by atoms with van der Waals surface area (Å²) in [5.74, 6) is 0.963. The Labute approximate surface area is 189 Å². The van der Waals surface area contributed by atoms with Gasteiger partial charge in [0.1, 0.15) is 29.3 Å². The van der Waals surface area contributed by atoms with E-state index in [4.69, 9.17) is 9.47 Å². The van der Waals surface area contributed by atoms with Crippen LogP contribution >= 0.6 is 11.3 Å². The maximum absolute atomic E-state index is 13.9. The number of carbonyl (C=O) groups is 2. The lowest BCUT2D eigenvalue weighted by atomic mass is 9.93. The molecule has 1 saturated carbocycles. The van der Waals surface area contributed by atoms with E-state index in [0.29, 0.717) is 42.6 Å². The molecule has 7 nitrogen and oxygen atoms in total. The molecule has 0 radical (unpaired) electrons. The standard InChI is InChI=1S/C24H25N3O4S/c1-24(23(29)25-16-4-2-3-5-16)14-26-18(12-15-8-11-32-22(15)26)21(28)27(24)17-6-7-19-20(13-17)31-10-9-30-19/h6-8,11-13,16H,2-5,9-10,14H2,1H3,(H,25,29)/t24-/m0/s1. The summed E-state index contributed by atoms with van der Waals surface area (Å²) in [6.07, 6.45) is 4.24. The Bertz CT molecular complexity index is 1230. The van der Waals surface area contributed by atoms with Gasteiger partial charge in [0.2, 0.25) is 5.91 Å². The van der Waals surface area contributed by atoms with Gasteiger partial charge in [0.05, 0.1) is 6.54 Å². The SMILES string of the molecule is C[C@@]1(C(=O)NC2CCCC2)Cn2c(cc3ccsc32)C(=O)N1c1ccc2c(c1)OCCO2. The average Bonchev–Trinajstić information content (AvgIpc) is 3.53. The molecular weight excluding hydrogens is 426 g/mol. The second-order valence-electron chi connectivity index (χ2n) is 8.99. The lowest BCUT2D eigenvalue weighted by Crippen LogP contribution is -2.65. The minimum absolute atomic E-state index is 0.114. The fourth-order valence-corrected chi connectivity index (χ4v) is 6.08. The van der Waals surface area contributed by atoms with Gasteiger partial charge in [0, 0.05) is 23.2 Å². The Morgan fingerprint density at radius 2 is 1.91 bits per heavy atom. The predicted molar refractivity (Wildman–Crippen MR) is 123 cm³/mol. The Morgan fingerprint density at radius 1 is 1.12 bits per heavy atom. The molecule has 1 fully saturated rings. The molecule has 0 spiro atoms. The third-order valence-corrected chi connectivity index (χ3v) is 7.80. The Kier molecular flexibility index (Phi) is 4.47. The van der Waals surface area contributed by atoms with Crippen molar-refractivity contribution in [1.29, 1.82) is 0 Å². The highest BCUT2D eigenvalue weighted by atomic mass is 32.1. The zero-order chi connectivity index (χ0) is 21.9. The normalized spacial score (nSPS) is 22.9. The minimum atomic E-state index is -1.08. The van der Waals surface area contributed by atoms with Crippen LogP contribution in [0.1, 0.15) is 43.1 Å². The Morgan fingerprint density at radius 3 is 2.72 bits per heavy atom. The first-order chi connectivity index (χ1) is 15.5. The van der Waals surface area contributed by atoms with Crippen LogP contribution in [0.25, 0.3) is 10.2 Å². The zero-order valence-electron chi connectivity index (χ0n) is 17.9. The van der Waals surface area contributed by atoms with Crippen LogP contribution in [-0.4, -0.2) is 41.2 Å². The third-order valence-electron chi connectivity index (χ3n) is 6.85. The molecule has 3 aliphatic rings. The van der Waals surface area contributed by atoms with Gasteiger partial charge in [0.15, 0.2) is 11.5 Å². The lowest BCUT2D eigenvalue weighted by Gasteiger charge is -2.44. The van der Waals surface area contributed by atoms with Crippen LogP contribution < -0.4 is 19.7 Å². The largest absolute Gasteiger partial charge is 0.486 e. The lowest BCUT2D eigenvalue weighted by molar-refractivity contribution is -0.127. The number of amides is 2. The van der Waals surface area contributed by atoms with E-state index in [0.717, 1.165) is 35.9 Å². The van der Waals surface area contributed by atoms with Crippen LogP contribution in [-0.2, 0) is 11.3 Å². The summed E-state index contributed by atoms with van der Waals surface area (Å²) in [5.41, 5.74) is 0.166. The van der Waals surface area contributed by atoms with Crippen LogP contribution in [0, 0.1) is 0 Å². The van der Waals surface area contributed by atoms with Gasteiger partial charge in [0.25, 0.3) is 5.91 Å². The fraction of sp³-hybridized carbons (Fsp3) is 0.417. The Hall–Kier alpha value is -3.00. The molecule has 4 heterocycles. The van der Waals surface area contributed by atoms with Crippen molar-refractivity contribution in [3.05, 3.63) is 41.4 Å². The highest BCUT2D eigenvalue weighted by molar-refractivity contribution is 7.16. The van der Waals surface area contributed by atoms with E-state index in [1.54, 1.807) is 16.2 Å². The Balaban J connectivity index is 1.46. The van der Waals surface area contributed by atoms with Crippen molar-refractivity contribution in [2.24, 2.45) is 0 Å². The van der Waals surface area contributed by atoms with Gasteiger partial charge in [-0.1, -0.05) is 12.8 Å². The van der Waals surface area contributed by atoms with Gasteiger partial charge >= 0.3 is 0 Å². The van der Waals surface area contributed by atoms with Gasteiger partial charge in [-0.3, -0.25) is 14.5 Å². The highest BCUT2D eigenvalue weighted by Gasteiger charge is 2.49. The summed E-state index contributed by atoms with van der Waals surface area (Å²) in [4.78, 5) is 30.3. The molecule has 1 N–H and O–H groups in total. The predicted octanol–water partition coefficient (Wildman–Crippen LogP) is 3.95. The smallest absolute Gasteiger partial charge is 0.275 e. The van der Waals surface area contributed by atoms with Crippen LogP contribution in [0.2, 0.25) is 0 Å². The van der Waals surface area contributed by atoms with Gasteiger partial charge in [-0.25, -0.2) is 0 Å². The molecule has 0 bridgehead atoms. The van der Waals surface area contributed by atoms with E-state index in [1.165, 1.54) is 0 Å². The number of benzene rings is 1. The van der Waals surface area contributed by atoms with Crippen molar-refractivity contribution in [3.8, 4) is 11.5 Å². The molecule has 2 aromatic heterocycles. The summed E-state index contributed by atoms with van der Waals surface area (Å²) < 4.78 is 13.4. The molecule has 1 atom stereocenters. The number of aromatic nitrogens is 1. The van der Waals surface area contributed by atoms with Crippen molar-refractivity contribution >= 4 is 39.1 Å². The maximum atomic E-state index is 13.9. The maximum Gasteiger partial charge on any atom is 0.275 e. The molecule has 3 aromatic rings. The topological polar surface area (TPSA) is 72.8 Å². The van der Waals surface area contributed by atoms with E-state index in [1.807, 2.05) is 47.2 Å². The van der Waals surface area contributed by atoms with E-state index in [2.05, 4.69) is 5.32 Å². The van der Waals surface area contributed by atoms with Crippen molar-refractivity contribution in [2.45, 2.75) is 50.7 Å². The van der Waals surface area contributed by atoms with Crippen molar-refractivity contribution in [2.75, 3.05) is 18.1 Å². The number of anilines is 1. The summed E-state index contributed by atoms with van der Waals surface area (Å²) in [7, 11) is 0. The minimum Gasteiger partial charge on any atom is -0.486 e. The first kappa shape index (κ1) is 19.7. The number of thiophene rings is 1. The number of nitrogens with one attached hydrogen (secondary N) is 1. The van der Waals surface area contributed by atoms with Crippen molar-refractivity contribution in [3.63, 3.8) is 0 Å². The van der Waals surface area contributed by atoms with E-state index in [-0.39, 0.29) is 17.9 Å². The number of rotatable bonds is 3. The molecule has 166 valence electrons. The van der Waals surface area contributed by atoms with Gasteiger partial charge < -0.3 is 19.4 Å².